The fraction of sp³-hybridized carbons (Fsp3) is 0.111. The molecule has 1 aromatic heterocycles. The molecule has 0 aliphatic carbocycles. The van der Waals surface area contributed by atoms with Gasteiger partial charge >= 0.3 is 5.63 Å². The van der Waals surface area contributed by atoms with Crippen LogP contribution in [0.3, 0.4) is 0 Å². The molecule has 0 unspecified atom stereocenters. The highest BCUT2D eigenvalue weighted by Gasteiger charge is 2.08. The normalized spacial score (nSPS) is 10.8. The van der Waals surface area contributed by atoms with Crippen LogP contribution < -0.4 is 5.63 Å². The van der Waals surface area contributed by atoms with E-state index in [4.69, 9.17) is 27.6 Å². The van der Waals surface area contributed by atoms with Gasteiger partial charge in [-0.1, -0.05) is 23.2 Å². The summed E-state index contributed by atoms with van der Waals surface area (Å²) in [5, 5.41) is 0.968. The van der Waals surface area contributed by atoms with Crippen LogP contribution >= 0.6 is 23.2 Å². The number of aryl methyl sites for hydroxylation is 1. The average Bonchev–Trinajstić information content (AvgIpc) is 1.99. The number of hydrogen-bond acceptors (Lipinski definition) is 3. The van der Waals surface area contributed by atoms with Crippen LogP contribution in [0.4, 0.5) is 0 Å². The van der Waals surface area contributed by atoms with E-state index in [1.54, 1.807) is 13.0 Å². The summed E-state index contributed by atoms with van der Waals surface area (Å²) < 4.78 is 4.82. The maximum atomic E-state index is 11.4. The fourth-order valence-corrected chi connectivity index (χ4v) is 1.79. The highest BCUT2D eigenvalue weighted by molar-refractivity contribution is 6.38. The zero-order valence-corrected chi connectivity index (χ0v) is 8.69. The van der Waals surface area contributed by atoms with E-state index in [9.17, 15) is 4.79 Å². The summed E-state index contributed by atoms with van der Waals surface area (Å²) >= 11 is 11.6. The van der Waals surface area contributed by atoms with Crippen molar-refractivity contribution < 1.29 is 4.42 Å². The third kappa shape index (κ3) is 1.49. The summed E-state index contributed by atoms with van der Waals surface area (Å²) in [4.78, 5) is 15.4. The molecule has 0 bridgehead atoms. The lowest BCUT2D eigenvalue weighted by Crippen LogP contribution is -2.03. The topological polar surface area (TPSA) is 43.1 Å². The molecule has 72 valence electrons. The lowest BCUT2D eigenvalue weighted by atomic mass is 10.2. The summed E-state index contributed by atoms with van der Waals surface area (Å²) in [5.74, 6) is 0.292. The molecule has 2 rings (SSSR count). The van der Waals surface area contributed by atoms with Gasteiger partial charge in [0.15, 0.2) is 5.89 Å². The molecule has 0 saturated heterocycles. The minimum Gasteiger partial charge on any atom is -0.408 e. The molecule has 0 fully saturated rings. The standard InChI is InChI=1S/C9H5Cl2NO2/c1-4-12-7-3-5(10)2-6(11)8(7)9(13)14-4/h2-3H,1H3. The molecule has 0 aliphatic rings. The number of halogens is 2. The summed E-state index contributed by atoms with van der Waals surface area (Å²) in [6.45, 7) is 1.59. The molecule has 3 nitrogen and oxygen atoms in total. The largest absolute Gasteiger partial charge is 0.408 e. The molecule has 2 aromatic rings. The van der Waals surface area contributed by atoms with E-state index in [0.717, 1.165) is 0 Å². The first-order valence-electron chi connectivity index (χ1n) is 3.84. The molecule has 0 radical (unpaired) electrons. The van der Waals surface area contributed by atoms with Gasteiger partial charge in [-0.15, -0.1) is 0 Å². The molecule has 0 aliphatic heterocycles. The van der Waals surface area contributed by atoms with Crippen LogP contribution in [0.5, 0.6) is 0 Å². The van der Waals surface area contributed by atoms with Crippen LogP contribution in [-0.2, 0) is 0 Å². The molecule has 0 spiro atoms. The van der Waals surface area contributed by atoms with Crippen molar-refractivity contribution >= 4 is 34.1 Å². The first kappa shape index (κ1) is 9.49. The van der Waals surface area contributed by atoms with Gasteiger partial charge < -0.3 is 4.42 Å². The smallest absolute Gasteiger partial charge is 0.348 e. The van der Waals surface area contributed by atoms with E-state index in [1.165, 1.54) is 6.07 Å². The van der Waals surface area contributed by atoms with Gasteiger partial charge in [0, 0.05) is 11.9 Å². The van der Waals surface area contributed by atoms with Crippen LogP contribution in [0, 0.1) is 6.92 Å². The van der Waals surface area contributed by atoms with Gasteiger partial charge in [-0.3, -0.25) is 0 Å². The quantitative estimate of drug-likeness (QED) is 0.698. The predicted molar refractivity (Wildman–Crippen MR) is 55.0 cm³/mol. The third-order valence-corrected chi connectivity index (χ3v) is 2.27. The van der Waals surface area contributed by atoms with Gasteiger partial charge in [0.1, 0.15) is 5.39 Å². The Morgan fingerprint density at radius 3 is 2.79 bits per heavy atom. The molecule has 0 N–H and O–H groups in total. The zero-order chi connectivity index (χ0) is 10.3. The van der Waals surface area contributed by atoms with Gasteiger partial charge in [-0.25, -0.2) is 9.78 Å². The van der Waals surface area contributed by atoms with Gasteiger partial charge in [0.05, 0.1) is 10.5 Å². The van der Waals surface area contributed by atoms with Crippen molar-refractivity contribution in [1.29, 1.82) is 0 Å². The second-order valence-electron chi connectivity index (χ2n) is 2.80. The Morgan fingerprint density at radius 1 is 1.36 bits per heavy atom. The highest BCUT2D eigenvalue weighted by atomic mass is 35.5. The number of benzene rings is 1. The van der Waals surface area contributed by atoms with Crippen molar-refractivity contribution in [3.8, 4) is 0 Å². The summed E-state index contributed by atoms with van der Waals surface area (Å²) in [5.41, 5.74) is -0.0367. The van der Waals surface area contributed by atoms with E-state index < -0.39 is 5.63 Å². The van der Waals surface area contributed by atoms with E-state index >= 15 is 0 Å². The number of fused-ring (bicyclic) bond motifs is 1. The summed E-state index contributed by atoms with van der Waals surface area (Å²) in [6, 6.07) is 3.06. The van der Waals surface area contributed by atoms with E-state index in [0.29, 0.717) is 16.4 Å². The Morgan fingerprint density at radius 2 is 2.07 bits per heavy atom. The highest BCUT2D eigenvalue weighted by Crippen LogP contribution is 2.24. The van der Waals surface area contributed by atoms with Crippen molar-refractivity contribution in [2.75, 3.05) is 0 Å². The lowest BCUT2D eigenvalue weighted by Gasteiger charge is -1.99. The van der Waals surface area contributed by atoms with E-state index in [-0.39, 0.29) is 10.4 Å². The van der Waals surface area contributed by atoms with Gasteiger partial charge in [-0.05, 0) is 12.1 Å². The molecule has 1 aromatic carbocycles. The maximum absolute atomic E-state index is 11.4. The van der Waals surface area contributed by atoms with Crippen molar-refractivity contribution in [2.45, 2.75) is 6.92 Å². The van der Waals surface area contributed by atoms with Crippen molar-refractivity contribution in [3.05, 3.63) is 38.5 Å². The molecule has 5 heteroatoms. The van der Waals surface area contributed by atoms with Gasteiger partial charge in [0.2, 0.25) is 0 Å². The van der Waals surface area contributed by atoms with Crippen molar-refractivity contribution in [2.24, 2.45) is 0 Å². The zero-order valence-electron chi connectivity index (χ0n) is 7.17. The Kier molecular flexibility index (Phi) is 2.21. The summed E-state index contributed by atoms with van der Waals surface area (Å²) in [7, 11) is 0. The van der Waals surface area contributed by atoms with Crippen LogP contribution in [0.1, 0.15) is 5.89 Å². The molecule has 0 atom stereocenters. The predicted octanol–water partition coefficient (Wildman–Crippen LogP) is 2.80. The third-order valence-electron chi connectivity index (χ3n) is 1.76. The van der Waals surface area contributed by atoms with E-state index in [1.807, 2.05) is 0 Å². The monoisotopic (exact) mass is 229 g/mol. The Hall–Kier alpha value is -1.06. The molecular formula is C9H5Cl2NO2. The second kappa shape index (κ2) is 3.26. The number of rotatable bonds is 0. The first-order chi connectivity index (χ1) is 6.58. The van der Waals surface area contributed by atoms with Gasteiger partial charge in [0.25, 0.3) is 0 Å². The lowest BCUT2D eigenvalue weighted by molar-refractivity contribution is 0.467. The minimum absolute atomic E-state index is 0.258. The molecular weight excluding hydrogens is 225 g/mol. The second-order valence-corrected chi connectivity index (χ2v) is 3.65. The van der Waals surface area contributed by atoms with Crippen molar-refractivity contribution in [1.82, 2.24) is 4.98 Å². The minimum atomic E-state index is -0.492. The van der Waals surface area contributed by atoms with Crippen LogP contribution in [-0.4, -0.2) is 4.98 Å². The van der Waals surface area contributed by atoms with Crippen molar-refractivity contribution in [3.63, 3.8) is 0 Å². The van der Waals surface area contributed by atoms with Gasteiger partial charge in [-0.2, -0.15) is 0 Å². The van der Waals surface area contributed by atoms with E-state index in [2.05, 4.69) is 4.98 Å². The Bertz CT molecular complexity index is 557. The Balaban J connectivity index is 3.02. The molecule has 0 saturated carbocycles. The van der Waals surface area contributed by atoms with Crippen LogP contribution in [0.2, 0.25) is 10.0 Å². The van der Waals surface area contributed by atoms with Crippen LogP contribution in [0.25, 0.3) is 10.9 Å². The maximum Gasteiger partial charge on any atom is 0.348 e. The first-order valence-corrected chi connectivity index (χ1v) is 4.60. The fourth-order valence-electron chi connectivity index (χ4n) is 1.23. The molecule has 1 heterocycles. The number of nitrogens with zero attached hydrogens (tertiary/aromatic N) is 1. The molecule has 14 heavy (non-hydrogen) atoms. The summed E-state index contributed by atoms with van der Waals surface area (Å²) in [6.07, 6.45) is 0. The van der Waals surface area contributed by atoms with Crippen LogP contribution in [0.15, 0.2) is 21.3 Å². The average molecular weight is 230 g/mol. The SMILES string of the molecule is Cc1nc2cc(Cl)cc(Cl)c2c(=O)o1. The Labute approximate surface area is 89.3 Å². The number of aromatic nitrogens is 1. The molecule has 0 amide bonds. The number of hydrogen-bond donors (Lipinski definition) is 0.